The number of rotatable bonds is 6. The maximum Gasteiger partial charge on any atom is 0.226 e. The van der Waals surface area contributed by atoms with E-state index in [-0.39, 0.29) is 34.9 Å². The number of pyridine rings is 1. The third kappa shape index (κ3) is 4.73. The van der Waals surface area contributed by atoms with Gasteiger partial charge in [0.05, 0.1) is 24.0 Å². The standard InChI is InChI=1S/C32H45N3O4S/c1-18(6-9-28(39)35-30-34-25(17-40-30)19-5-4-12-33-16-19)22-7-8-23-29-24(15-27(38)32(22,23)3)31(2)11-10-21(36)13-20(31)14-26(29)37/h4-5,12,16-18,20-24,26-27,29,36-38H,6-11,13-15H2,1-3H3,(H,34,35,39)/t18-,20-,21-,22+,23-,24-,26-,27+,29+,31+,32-/m1/s1. The van der Waals surface area contributed by atoms with Gasteiger partial charge in [0.2, 0.25) is 5.91 Å². The predicted octanol–water partition coefficient (Wildman–Crippen LogP) is 5.52. The Bertz CT molecular complexity index is 1210. The third-order valence-electron chi connectivity index (χ3n) is 12.1. The maximum atomic E-state index is 12.9. The average molecular weight is 568 g/mol. The van der Waals surface area contributed by atoms with E-state index in [0.717, 1.165) is 62.6 Å². The molecule has 4 fully saturated rings. The van der Waals surface area contributed by atoms with Crippen LogP contribution in [0.25, 0.3) is 11.3 Å². The second-order valence-corrected chi connectivity index (χ2v) is 14.7. The molecule has 6 rings (SSSR count). The van der Waals surface area contributed by atoms with Crippen LogP contribution in [0, 0.1) is 46.3 Å². The SMILES string of the molecule is C[C@H](CCC(=O)Nc1nc(-c2cccnc2)cs1)[C@@H]1CC[C@@H]2[C@@H]3[C@H](O)C[C@H]4C[C@H](O)CC[C@]4(C)[C@@H]3C[C@H](O)[C@@]21C. The highest BCUT2D eigenvalue weighted by atomic mass is 32.1. The Morgan fingerprint density at radius 1 is 1.15 bits per heavy atom. The monoisotopic (exact) mass is 567 g/mol. The van der Waals surface area contributed by atoms with Gasteiger partial charge in [-0.2, -0.15) is 0 Å². The minimum atomic E-state index is -0.404. The second kappa shape index (κ2) is 10.8. The van der Waals surface area contributed by atoms with Gasteiger partial charge in [-0.25, -0.2) is 4.98 Å². The van der Waals surface area contributed by atoms with Gasteiger partial charge in [-0.15, -0.1) is 11.3 Å². The van der Waals surface area contributed by atoms with E-state index in [4.69, 9.17) is 0 Å². The van der Waals surface area contributed by atoms with Crippen LogP contribution < -0.4 is 5.32 Å². The molecule has 4 aliphatic carbocycles. The van der Waals surface area contributed by atoms with Crippen molar-refractivity contribution in [3.8, 4) is 11.3 Å². The van der Waals surface area contributed by atoms with Crippen LogP contribution in [0.5, 0.6) is 0 Å². The Morgan fingerprint density at radius 3 is 2.75 bits per heavy atom. The lowest BCUT2D eigenvalue weighted by Gasteiger charge is -2.63. The van der Waals surface area contributed by atoms with Crippen molar-refractivity contribution < 1.29 is 20.1 Å². The topological polar surface area (TPSA) is 116 Å². The Labute approximate surface area is 241 Å². The molecule has 0 bridgehead atoms. The van der Waals surface area contributed by atoms with Gasteiger partial charge in [-0.1, -0.05) is 20.8 Å². The van der Waals surface area contributed by atoms with Gasteiger partial charge in [0.15, 0.2) is 5.13 Å². The van der Waals surface area contributed by atoms with Crippen molar-refractivity contribution in [2.45, 2.75) is 96.9 Å². The van der Waals surface area contributed by atoms with E-state index in [0.29, 0.717) is 41.1 Å². The molecule has 2 heterocycles. The molecule has 4 saturated carbocycles. The van der Waals surface area contributed by atoms with Crippen LogP contribution in [0.2, 0.25) is 0 Å². The molecule has 0 radical (unpaired) electrons. The van der Waals surface area contributed by atoms with E-state index in [1.54, 1.807) is 12.4 Å². The smallest absolute Gasteiger partial charge is 0.226 e. The predicted molar refractivity (Wildman–Crippen MR) is 156 cm³/mol. The minimum Gasteiger partial charge on any atom is -0.393 e. The molecule has 11 atom stereocenters. The second-order valence-electron chi connectivity index (χ2n) is 13.9. The van der Waals surface area contributed by atoms with Gasteiger partial charge < -0.3 is 20.6 Å². The Balaban J connectivity index is 1.10. The molecule has 2 aromatic rings. The summed E-state index contributed by atoms with van der Waals surface area (Å²) in [6.45, 7) is 6.89. The number of hydrogen-bond donors (Lipinski definition) is 4. The molecule has 4 N–H and O–H groups in total. The van der Waals surface area contributed by atoms with Crippen molar-refractivity contribution in [2.24, 2.45) is 46.3 Å². The zero-order chi connectivity index (χ0) is 28.2. The van der Waals surface area contributed by atoms with E-state index in [1.165, 1.54) is 11.3 Å². The summed E-state index contributed by atoms with van der Waals surface area (Å²) >= 11 is 1.42. The average Bonchev–Trinajstić information content (AvgIpc) is 3.54. The quantitative estimate of drug-likeness (QED) is 0.365. The third-order valence-corrected chi connectivity index (χ3v) is 12.8. The minimum absolute atomic E-state index is 0.0240. The molecule has 0 aliphatic heterocycles. The van der Waals surface area contributed by atoms with E-state index in [9.17, 15) is 20.1 Å². The molecule has 218 valence electrons. The number of amides is 1. The number of anilines is 1. The van der Waals surface area contributed by atoms with E-state index >= 15 is 0 Å². The molecule has 2 aromatic heterocycles. The van der Waals surface area contributed by atoms with Gasteiger partial charge in [0.1, 0.15) is 0 Å². The molecule has 4 aliphatic rings. The molecular weight excluding hydrogens is 522 g/mol. The van der Waals surface area contributed by atoms with Gasteiger partial charge in [0.25, 0.3) is 0 Å². The van der Waals surface area contributed by atoms with Gasteiger partial charge in [-0.3, -0.25) is 9.78 Å². The first-order chi connectivity index (χ1) is 19.1. The van der Waals surface area contributed by atoms with Crippen molar-refractivity contribution in [3.63, 3.8) is 0 Å². The van der Waals surface area contributed by atoms with Crippen LogP contribution in [-0.4, -0.2) is 49.5 Å². The number of carbonyl (C=O) groups is 1. The lowest BCUT2D eigenvalue weighted by molar-refractivity contribution is -0.207. The largest absolute Gasteiger partial charge is 0.393 e. The fraction of sp³-hybridized carbons (Fsp3) is 0.719. The fourth-order valence-corrected chi connectivity index (χ4v) is 10.6. The van der Waals surface area contributed by atoms with Crippen molar-refractivity contribution in [1.82, 2.24) is 9.97 Å². The number of hydrogen-bond acceptors (Lipinski definition) is 7. The number of carbonyl (C=O) groups excluding carboxylic acids is 1. The molecule has 0 saturated heterocycles. The molecule has 7 nitrogen and oxygen atoms in total. The number of aromatic nitrogens is 2. The highest BCUT2D eigenvalue weighted by Crippen LogP contribution is 2.68. The summed E-state index contributed by atoms with van der Waals surface area (Å²) in [6.07, 6.45) is 9.85. The fourth-order valence-electron chi connectivity index (χ4n) is 9.85. The summed E-state index contributed by atoms with van der Waals surface area (Å²) in [4.78, 5) is 21.6. The Morgan fingerprint density at radius 2 is 1.98 bits per heavy atom. The molecule has 0 aromatic carbocycles. The number of thiazole rings is 1. The maximum absolute atomic E-state index is 12.9. The van der Waals surface area contributed by atoms with Crippen LogP contribution >= 0.6 is 11.3 Å². The zero-order valence-electron chi connectivity index (χ0n) is 24.0. The first kappa shape index (κ1) is 28.3. The van der Waals surface area contributed by atoms with Crippen molar-refractivity contribution in [1.29, 1.82) is 0 Å². The van der Waals surface area contributed by atoms with E-state index in [1.807, 2.05) is 17.5 Å². The summed E-state index contributed by atoms with van der Waals surface area (Å²) in [5.41, 5.74) is 1.58. The van der Waals surface area contributed by atoms with Crippen LogP contribution in [0.15, 0.2) is 29.9 Å². The molecular formula is C32H45N3O4S. The van der Waals surface area contributed by atoms with Crippen molar-refractivity contribution >= 4 is 22.4 Å². The van der Waals surface area contributed by atoms with Crippen LogP contribution in [-0.2, 0) is 4.79 Å². The van der Waals surface area contributed by atoms with Gasteiger partial charge in [0, 0.05) is 29.8 Å². The molecule has 40 heavy (non-hydrogen) atoms. The number of aliphatic hydroxyl groups is 3. The zero-order valence-corrected chi connectivity index (χ0v) is 24.8. The highest BCUT2D eigenvalue weighted by molar-refractivity contribution is 7.14. The summed E-state index contributed by atoms with van der Waals surface area (Å²) in [6, 6.07) is 3.83. The Hall–Kier alpha value is -1.87. The van der Waals surface area contributed by atoms with E-state index < -0.39 is 6.10 Å². The highest BCUT2D eigenvalue weighted by Gasteiger charge is 2.65. The van der Waals surface area contributed by atoms with Crippen molar-refractivity contribution in [2.75, 3.05) is 5.32 Å². The normalized spacial score (nSPS) is 41.5. The number of nitrogens with one attached hydrogen (secondary N) is 1. The number of aliphatic hydroxyl groups excluding tert-OH is 3. The van der Waals surface area contributed by atoms with E-state index in [2.05, 4.69) is 36.1 Å². The van der Waals surface area contributed by atoms with Gasteiger partial charge in [-0.05, 0) is 110 Å². The molecule has 1 amide bonds. The Kier molecular flexibility index (Phi) is 7.60. The van der Waals surface area contributed by atoms with Crippen LogP contribution in [0.3, 0.4) is 0 Å². The van der Waals surface area contributed by atoms with Crippen LogP contribution in [0.1, 0.15) is 78.6 Å². The van der Waals surface area contributed by atoms with Gasteiger partial charge >= 0.3 is 0 Å². The summed E-state index contributed by atoms with van der Waals surface area (Å²) in [5, 5.41) is 39.1. The summed E-state index contributed by atoms with van der Waals surface area (Å²) in [7, 11) is 0. The lowest BCUT2D eigenvalue weighted by Crippen LogP contribution is -2.62. The molecule has 0 spiro atoms. The van der Waals surface area contributed by atoms with Crippen LogP contribution in [0.4, 0.5) is 5.13 Å². The van der Waals surface area contributed by atoms with Crippen molar-refractivity contribution in [3.05, 3.63) is 29.9 Å². The first-order valence-corrected chi connectivity index (χ1v) is 16.2. The lowest BCUT2D eigenvalue weighted by atomic mass is 9.43. The number of nitrogens with zero attached hydrogens (tertiary/aromatic N) is 2. The first-order valence-electron chi connectivity index (χ1n) is 15.3. The molecule has 0 unspecified atom stereocenters. The number of fused-ring (bicyclic) bond motifs is 5. The summed E-state index contributed by atoms with van der Waals surface area (Å²) in [5.74, 6) is 1.73. The summed E-state index contributed by atoms with van der Waals surface area (Å²) < 4.78 is 0. The molecule has 8 heteroatoms.